The Bertz CT molecular complexity index is 642. The number of rotatable bonds is 3. The predicted octanol–water partition coefficient (Wildman–Crippen LogP) is 2.29. The van der Waals surface area contributed by atoms with Crippen LogP contribution < -0.4 is 4.90 Å². The van der Waals surface area contributed by atoms with Crippen LogP contribution in [0.15, 0.2) is 12.3 Å². The normalized spacial score (nSPS) is 20.9. The van der Waals surface area contributed by atoms with Crippen LogP contribution in [0.3, 0.4) is 0 Å². The summed E-state index contributed by atoms with van der Waals surface area (Å²) in [7, 11) is -3.28. The van der Waals surface area contributed by atoms with E-state index in [2.05, 4.69) is 9.97 Å². The summed E-state index contributed by atoms with van der Waals surface area (Å²) in [5.74, 6) is -0.176. The second-order valence-electron chi connectivity index (χ2n) is 5.37. The number of hydrogen-bond donors (Lipinski definition) is 0. The molecule has 22 heavy (non-hydrogen) atoms. The smallest absolute Gasteiger partial charge is 0.338 e. The predicted molar refractivity (Wildman–Crippen MR) is 76.3 cm³/mol. The van der Waals surface area contributed by atoms with Crippen molar-refractivity contribution in [3.8, 4) is 0 Å². The van der Waals surface area contributed by atoms with Gasteiger partial charge >= 0.3 is 6.18 Å². The Labute approximate surface area is 127 Å². The Hall–Kier alpha value is -1.38. The summed E-state index contributed by atoms with van der Waals surface area (Å²) in [5, 5.41) is 0. The molecule has 0 N–H and O–H groups in total. The minimum atomic E-state index is -4.55. The van der Waals surface area contributed by atoms with Crippen LogP contribution in [-0.4, -0.2) is 42.0 Å². The van der Waals surface area contributed by atoms with Crippen LogP contribution >= 0.6 is 0 Å². The number of hydrogen-bond acceptors (Lipinski definition) is 5. The zero-order valence-electron chi connectivity index (χ0n) is 12.4. The van der Waals surface area contributed by atoms with E-state index in [1.54, 1.807) is 13.8 Å². The molecule has 0 bridgehead atoms. The first kappa shape index (κ1) is 17.0. The van der Waals surface area contributed by atoms with Gasteiger partial charge in [0.05, 0.1) is 10.5 Å². The lowest BCUT2D eigenvalue weighted by Gasteiger charge is -2.41. The molecule has 0 amide bonds. The van der Waals surface area contributed by atoms with Crippen LogP contribution in [0.25, 0.3) is 0 Å². The number of sulfone groups is 1. The second kappa shape index (κ2) is 5.68. The van der Waals surface area contributed by atoms with Gasteiger partial charge in [-0.25, -0.2) is 18.4 Å². The van der Waals surface area contributed by atoms with E-state index in [4.69, 9.17) is 0 Å². The molecule has 1 aromatic rings. The third-order valence-corrected chi connectivity index (χ3v) is 7.02. The first-order valence-electron chi connectivity index (χ1n) is 7.03. The summed E-state index contributed by atoms with van der Waals surface area (Å²) in [4.78, 5) is 8.95. The van der Waals surface area contributed by atoms with Gasteiger partial charge in [-0.05, 0) is 18.9 Å². The van der Waals surface area contributed by atoms with E-state index in [0.29, 0.717) is 12.8 Å². The summed E-state index contributed by atoms with van der Waals surface area (Å²) in [6, 6.07) is 0.803. The molecule has 0 radical (unpaired) electrons. The summed E-state index contributed by atoms with van der Waals surface area (Å²) >= 11 is 0. The molecule has 1 aliphatic rings. The molecule has 5 nitrogen and oxygen atoms in total. The zero-order valence-corrected chi connectivity index (χ0v) is 13.2. The van der Waals surface area contributed by atoms with Crippen LogP contribution in [-0.2, 0) is 16.0 Å². The summed E-state index contributed by atoms with van der Waals surface area (Å²) < 4.78 is 61.9. The fourth-order valence-corrected chi connectivity index (χ4v) is 4.84. The second-order valence-corrected chi connectivity index (χ2v) is 7.87. The maximum atomic E-state index is 12.7. The monoisotopic (exact) mass is 337 g/mol. The molecule has 2 rings (SSSR count). The van der Waals surface area contributed by atoms with E-state index < -0.39 is 26.5 Å². The van der Waals surface area contributed by atoms with Crippen molar-refractivity contribution in [3.05, 3.63) is 18.0 Å². The third-order valence-electron chi connectivity index (χ3n) is 4.27. The molecular weight excluding hydrogens is 319 g/mol. The molecule has 0 atom stereocenters. The molecule has 1 aromatic heterocycles. The van der Waals surface area contributed by atoms with Gasteiger partial charge in [-0.2, -0.15) is 13.2 Å². The molecule has 0 unspecified atom stereocenters. The van der Waals surface area contributed by atoms with Gasteiger partial charge in [0.1, 0.15) is 5.69 Å². The summed E-state index contributed by atoms with van der Waals surface area (Å²) in [5.41, 5.74) is -1.02. The van der Waals surface area contributed by atoms with Crippen molar-refractivity contribution < 1.29 is 21.6 Å². The van der Waals surface area contributed by atoms with Crippen molar-refractivity contribution in [2.75, 3.05) is 23.7 Å². The topological polar surface area (TPSA) is 63.2 Å². The molecule has 1 fully saturated rings. The number of anilines is 1. The highest BCUT2D eigenvalue weighted by Crippen LogP contribution is 2.34. The highest BCUT2D eigenvalue weighted by atomic mass is 32.2. The van der Waals surface area contributed by atoms with Crippen molar-refractivity contribution in [1.29, 1.82) is 0 Å². The molecule has 2 heterocycles. The van der Waals surface area contributed by atoms with E-state index >= 15 is 0 Å². The number of nitrogens with zero attached hydrogens (tertiary/aromatic N) is 3. The Morgan fingerprint density at radius 3 is 2.50 bits per heavy atom. The van der Waals surface area contributed by atoms with Gasteiger partial charge < -0.3 is 4.90 Å². The highest BCUT2D eigenvalue weighted by Gasteiger charge is 2.46. The number of halogens is 3. The maximum absolute atomic E-state index is 12.7. The summed E-state index contributed by atoms with van der Waals surface area (Å²) in [6.45, 7) is 3.77. The molecule has 0 aromatic carbocycles. The van der Waals surface area contributed by atoms with Gasteiger partial charge in [0, 0.05) is 19.3 Å². The van der Waals surface area contributed by atoms with Crippen molar-refractivity contribution in [2.45, 2.75) is 37.6 Å². The Kier molecular flexibility index (Phi) is 4.38. The molecule has 0 aliphatic carbocycles. The fourth-order valence-electron chi connectivity index (χ4n) is 2.71. The molecule has 9 heteroatoms. The van der Waals surface area contributed by atoms with Crippen LogP contribution in [0, 0.1) is 0 Å². The van der Waals surface area contributed by atoms with Crippen molar-refractivity contribution >= 4 is 15.8 Å². The van der Waals surface area contributed by atoms with Gasteiger partial charge in [-0.15, -0.1) is 0 Å². The minimum Gasteiger partial charge on any atom is -0.338 e. The van der Waals surface area contributed by atoms with E-state index in [1.165, 1.54) is 4.90 Å². The standard InChI is InChI=1S/C13H18F3N3O2S/c1-3-12(4-2)9-19(7-8-22(12,20)21)11-17-6-5-10(18-11)13(14,15)16/h5-6H,3-4,7-9H2,1-2H3. The zero-order chi connectivity index (χ0) is 16.6. The lowest BCUT2D eigenvalue weighted by atomic mass is 10.0. The Morgan fingerprint density at radius 1 is 1.32 bits per heavy atom. The minimum absolute atomic E-state index is 0.0731. The van der Waals surface area contributed by atoms with Crippen LogP contribution in [0.2, 0.25) is 0 Å². The van der Waals surface area contributed by atoms with Gasteiger partial charge in [0.2, 0.25) is 5.95 Å². The molecule has 0 spiro atoms. The van der Waals surface area contributed by atoms with Crippen molar-refractivity contribution in [1.82, 2.24) is 9.97 Å². The van der Waals surface area contributed by atoms with Gasteiger partial charge in [-0.1, -0.05) is 13.8 Å². The van der Waals surface area contributed by atoms with Crippen LogP contribution in [0.4, 0.5) is 19.1 Å². The van der Waals surface area contributed by atoms with E-state index in [1.807, 2.05) is 0 Å². The van der Waals surface area contributed by atoms with E-state index in [0.717, 1.165) is 12.3 Å². The Morgan fingerprint density at radius 2 is 1.95 bits per heavy atom. The average molecular weight is 337 g/mol. The first-order valence-corrected chi connectivity index (χ1v) is 8.68. The van der Waals surface area contributed by atoms with Crippen LogP contribution in [0.1, 0.15) is 32.4 Å². The maximum Gasteiger partial charge on any atom is 0.433 e. The van der Waals surface area contributed by atoms with E-state index in [9.17, 15) is 21.6 Å². The SMILES string of the molecule is CCC1(CC)CN(c2nccc(C(F)(F)F)n2)CCS1(=O)=O. The first-order chi connectivity index (χ1) is 10.1. The van der Waals surface area contributed by atoms with Crippen LogP contribution in [0.5, 0.6) is 0 Å². The molecule has 124 valence electrons. The number of aromatic nitrogens is 2. The van der Waals surface area contributed by atoms with Crippen molar-refractivity contribution in [3.63, 3.8) is 0 Å². The Balaban J connectivity index is 2.36. The number of alkyl halides is 3. The van der Waals surface area contributed by atoms with Gasteiger partial charge in [0.15, 0.2) is 9.84 Å². The largest absolute Gasteiger partial charge is 0.433 e. The molecule has 1 saturated heterocycles. The average Bonchev–Trinajstić information content (AvgIpc) is 2.47. The highest BCUT2D eigenvalue weighted by molar-refractivity contribution is 7.92. The molecule has 0 saturated carbocycles. The van der Waals surface area contributed by atoms with Gasteiger partial charge in [-0.3, -0.25) is 0 Å². The molecule has 1 aliphatic heterocycles. The quantitative estimate of drug-likeness (QED) is 0.847. The van der Waals surface area contributed by atoms with E-state index in [-0.39, 0.29) is 24.8 Å². The lowest BCUT2D eigenvalue weighted by molar-refractivity contribution is -0.141. The van der Waals surface area contributed by atoms with Gasteiger partial charge in [0.25, 0.3) is 0 Å². The molecular formula is C13H18F3N3O2S. The van der Waals surface area contributed by atoms with Crippen molar-refractivity contribution in [2.24, 2.45) is 0 Å². The fraction of sp³-hybridized carbons (Fsp3) is 0.692. The lowest BCUT2D eigenvalue weighted by Crippen LogP contribution is -2.56. The summed E-state index contributed by atoms with van der Waals surface area (Å²) in [6.07, 6.45) is -2.69. The third kappa shape index (κ3) is 2.90.